The Kier molecular flexibility index (Phi) is 5.72. The van der Waals surface area contributed by atoms with Gasteiger partial charge < -0.3 is 4.90 Å². The highest BCUT2D eigenvalue weighted by Gasteiger charge is 2.38. The van der Waals surface area contributed by atoms with Gasteiger partial charge in [-0.2, -0.15) is 0 Å². The Morgan fingerprint density at radius 2 is 1.56 bits per heavy atom. The summed E-state index contributed by atoms with van der Waals surface area (Å²) in [6, 6.07) is 35.4. The summed E-state index contributed by atoms with van der Waals surface area (Å²) in [7, 11) is 2.14. The summed E-state index contributed by atoms with van der Waals surface area (Å²) in [5, 5.41) is 7.23. The van der Waals surface area contributed by atoms with Crippen LogP contribution < -0.4 is 4.90 Å². The van der Waals surface area contributed by atoms with Crippen LogP contribution in [-0.2, 0) is 0 Å². The monoisotopic (exact) mass is 616 g/mol. The normalized spacial score (nSPS) is 19.3. The second-order valence-electron chi connectivity index (χ2n) is 13.6. The highest BCUT2D eigenvalue weighted by atomic mass is 15.1. The number of fused-ring (bicyclic) bond motifs is 10. The van der Waals surface area contributed by atoms with Gasteiger partial charge in [-0.05, 0) is 63.0 Å². The lowest BCUT2D eigenvalue weighted by molar-refractivity contribution is 0.423. The van der Waals surface area contributed by atoms with E-state index in [9.17, 15) is 0 Å². The summed E-state index contributed by atoms with van der Waals surface area (Å²) in [6.45, 7) is 3.14. The first-order chi connectivity index (χ1) is 23.5. The molecule has 3 aliphatic rings. The van der Waals surface area contributed by atoms with Gasteiger partial charge in [0.25, 0.3) is 0 Å². The summed E-state index contributed by atoms with van der Waals surface area (Å²) in [6.07, 6.45) is 15.2. The van der Waals surface area contributed by atoms with Gasteiger partial charge in [-0.15, -0.1) is 0 Å². The van der Waals surface area contributed by atoms with Gasteiger partial charge in [-0.25, -0.2) is 9.97 Å². The number of rotatable bonds is 2. The molecule has 1 aliphatic carbocycles. The third-order valence-corrected chi connectivity index (χ3v) is 10.5. The van der Waals surface area contributed by atoms with Crippen molar-refractivity contribution in [3.63, 3.8) is 0 Å². The zero-order valence-corrected chi connectivity index (χ0v) is 26.9. The molecular formula is C44H32N4. The molecular weight excluding hydrogens is 585 g/mol. The van der Waals surface area contributed by atoms with E-state index in [1.807, 2.05) is 12.3 Å². The standard InChI is InChI=1S/C44H32N4/c1-44-21-6-23-45-43(44)41-35(20-22-44)39(34-8-3-4-9-38(34)47-41)32-15-11-27-10-14-30-25-31(16-18-33(30)36(27)26-32)37-19-17-28-12-13-29-7-5-24-48(2)42(29)40(28)46-37/h3-23,25-26,43H,24H2,1-2H3. The molecule has 0 N–H and O–H groups in total. The highest BCUT2D eigenvalue weighted by Crippen LogP contribution is 2.49. The van der Waals surface area contributed by atoms with E-state index in [-0.39, 0.29) is 11.5 Å². The zero-order valence-electron chi connectivity index (χ0n) is 26.9. The molecule has 4 heterocycles. The van der Waals surface area contributed by atoms with Crippen molar-refractivity contribution in [3.05, 3.63) is 138 Å². The Hall–Kier alpha value is -5.87. The number of para-hydroxylation sites is 1. The maximum absolute atomic E-state index is 5.23. The van der Waals surface area contributed by atoms with Crippen LogP contribution in [0.2, 0.25) is 0 Å². The first-order valence-electron chi connectivity index (χ1n) is 16.7. The minimum Gasteiger partial charge on any atom is -0.369 e. The average molecular weight is 617 g/mol. The molecule has 2 aromatic heterocycles. The summed E-state index contributed by atoms with van der Waals surface area (Å²) >= 11 is 0. The zero-order chi connectivity index (χ0) is 32.0. The van der Waals surface area contributed by atoms with E-state index in [1.165, 1.54) is 43.9 Å². The Labute approximate surface area is 279 Å². The van der Waals surface area contributed by atoms with Crippen LogP contribution in [0.25, 0.3) is 77.9 Å². The highest BCUT2D eigenvalue weighted by molar-refractivity contribution is 6.11. The topological polar surface area (TPSA) is 41.4 Å². The Bertz CT molecular complexity index is 2640. The second-order valence-corrected chi connectivity index (χ2v) is 13.6. The molecule has 0 radical (unpaired) electrons. The van der Waals surface area contributed by atoms with Gasteiger partial charge in [0.05, 0.1) is 28.1 Å². The molecule has 0 amide bonds. The number of aliphatic imine (C=N–C) groups is 1. The Balaban J connectivity index is 1.14. The number of hydrogen-bond acceptors (Lipinski definition) is 4. The molecule has 0 bridgehead atoms. The van der Waals surface area contributed by atoms with Crippen LogP contribution in [0.5, 0.6) is 0 Å². The van der Waals surface area contributed by atoms with Gasteiger partial charge in [0.1, 0.15) is 6.04 Å². The summed E-state index contributed by atoms with van der Waals surface area (Å²) in [4.78, 5) is 17.7. The molecule has 7 aromatic rings. The molecule has 48 heavy (non-hydrogen) atoms. The SMILES string of the molecule is CN1CC=Cc2ccc3ccc(-c4ccc5c(ccc6ccc(-c7c8c(nc9ccccc79)C7N=CC=CC7(C)C=C8)cc65)c4)nc3c21. The smallest absolute Gasteiger partial charge is 0.105 e. The molecule has 2 aliphatic heterocycles. The van der Waals surface area contributed by atoms with Gasteiger partial charge >= 0.3 is 0 Å². The lowest BCUT2D eigenvalue weighted by atomic mass is 9.73. The number of dihydropyridines is 1. The first kappa shape index (κ1) is 27.3. The lowest BCUT2D eigenvalue weighted by Crippen LogP contribution is -2.26. The van der Waals surface area contributed by atoms with E-state index in [4.69, 9.17) is 15.0 Å². The fraction of sp³-hybridized carbons (Fsp3) is 0.114. The number of hydrogen-bond donors (Lipinski definition) is 0. The van der Waals surface area contributed by atoms with Crippen molar-refractivity contribution >= 4 is 67.4 Å². The van der Waals surface area contributed by atoms with Crippen molar-refractivity contribution in [1.82, 2.24) is 9.97 Å². The minimum atomic E-state index is -0.183. The number of likely N-dealkylation sites (N-methyl/N-ethyl adjacent to an activating group) is 1. The van der Waals surface area contributed by atoms with E-state index in [2.05, 4.69) is 146 Å². The molecule has 2 unspecified atom stereocenters. The second kappa shape index (κ2) is 10.1. The average Bonchev–Trinajstić information content (AvgIpc) is 3.13. The number of nitrogens with zero attached hydrogens (tertiary/aromatic N) is 4. The third-order valence-electron chi connectivity index (χ3n) is 10.5. The lowest BCUT2D eigenvalue weighted by Gasteiger charge is -2.36. The number of anilines is 1. The molecule has 0 spiro atoms. The molecule has 0 saturated heterocycles. The molecule has 0 saturated carbocycles. The van der Waals surface area contributed by atoms with Crippen LogP contribution in [0.15, 0.2) is 126 Å². The molecule has 4 nitrogen and oxygen atoms in total. The summed E-state index contributed by atoms with van der Waals surface area (Å²) < 4.78 is 0. The Morgan fingerprint density at radius 3 is 2.52 bits per heavy atom. The van der Waals surface area contributed by atoms with E-state index in [0.29, 0.717) is 0 Å². The van der Waals surface area contributed by atoms with Gasteiger partial charge in [0.2, 0.25) is 0 Å². The number of allylic oxidation sites excluding steroid dienone is 1. The minimum absolute atomic E-state index is 0.0448. The molecule has 10 rings (SSSR count). The molecule has 0 fully saturated rings. The van der Waals surface area contributed by atoms with E-state index >= 15 is 0 Å². The Morgan fingerprint density at radius 1 is 0.729 bits per heavy atom. The van der Waals surface area contributed by atoms with Crippen LogP contribution in [0.1, 0.15) is 29.8 Å². The van der Waals surface area contributed by atoms with Crippen molar-refractivity contribution in [1.29, 1.82) is 0 Å². The van der Waals surface area contributed by atoms with Crippen molar-refractivity contribution < 1.29 is 0 Å². The molecule has 228 valence electrons. The van der Waals surface area contributed by atoms with Crippen LogP contribution in [0.4, 0.5) is 5.69 Å². The predicted octanol–water partition coefficient (Wildman–Crippen LogP) is 10.6. The van der Waals surface area contributed by atoms with Crippen molar-refractivity contribution in [2.24, 2.45) is 10.4 Å². The van der Waals surface area contributed by atoms with Crippen molar-refractivity contribution in [2.45, 2.75) is 13.0 Å². The van der Waals surface area contributed by atoms with Gasteiger partial charge in [0.15, 0.2) is 0 Å². The molecule has 4 heteroatoms. The number of pyridine rings is 2. The maximum Gasteiger partial charge on any atom is 0.105 e. The first-order valence-corrected chi connectivity index (χ1v) is 16.7. The van der Waals surface area contributed by atoms with Gasteiger partial charge in [-0.3, -0.25) is 4.99 Å². The number of benzene rings is 5. The number of aromatic nitrogens is 2. The third kappa shape index (κ3) is 3.99. The van der Waals surface area contributed by atoms with Crippen molar-refractivity contribution in [2.75, 3.05) is 18.5 Å². The van der Waals surface area contributed by atoms with E-state index < -0.39 is 0 Å². The summed E-state index contributed by atoms with van der Waals surface area (Å²) in [5.74, 6) is 0. The van der Waals surface area contributed by atoms with E-state index in [0.717, 1.165) is 50.9 Å². The maximum atomic E-state index is 5.23. The fourth-order valence-electron chi connectivity index (χ4n) is 8.04. The molecule has 5 aromatic carbocycles. The summed E-state index contributed by atoms with van der Waals surface area (Å²) in [5.41, 5.74) is 11.0. The van der Waals surface area contributed by atoms with Crippen LogP contribution in [-0.4, -0.2) is 29.8 Å². The van der Waals surface area contributed by atoms with Crippen LogP contribution >= 0.6 is 0 Å². The van der Waals surface area contributed by atoms with Gasteiger partial charge in [-0.1, -0.05) is 110 Å². The largest absolute Gasteiger partial charge is 0.369 e. The van der Waals surface area contributed by atoms with Crippen LogP contribution in [0, 0.1) is 5.41 Å². The van der Waals surface area contributed by atoms with Crippen molar-refractivity contribution in [3.8, 4) is 22.4 Å². The van der Waals surface area contributed by atoms with E-state index in [1.54, 1.807) is 0 Å². The predicted molar refractivity (Wildman–Crippen MR) is 203 cm³/mol. The fourth-order valence-corrected chi connectivity index (χ4v) is 8.04. The quantitative estimate of drug-likeness (QED) is 0.182. The van der Waals surface area contributed by atoms with Gasteiger partial charge in [0, 0.05) is 52.7 Å². The van der Waals surface area contributed by atoms with Crippen LogP contribution in [0.3, 0.4) is 0 Å². The molecule has 2 atom stereocenters.